The van der Waals surface area contributed by atoms with Crippen LogP contribution in [0.1, 0.15) is 26.3 Å². The molecule has 0 amide bonds. The van der Waals surface area contributed by atoms with Gasteiger partial charge < -0.3 is 5.73 Å². The van der Waals surface area contributed by atoms with Crippen molar-refractivity contribution < 1.29 is 12.8 Å². The van der Waals surface area contributed by atoms with Crippen LogP contribution in [0.3, 0.4) is 0 Å². The van der Waals surface area contributed by atoms with Crippen LogP contribution in [0.5, 0.6) is 0 Å². The van der Waals surface area contributed by atoms with Crippen LogP contribution in [0.2, 0.25) is 0 Å². The number of sulfonamides is 1. The van der Waals surface area contributed by atoms with Gasteiger partial charge >= 0.3 is 0 Å². The largest absolute Gasteiger partial charge is 0.326 e. The number of benzene rings is 1. The molecule has 0 atom stereocenters. The third kappa shape index (κ3) is 2.88. The Morgan fingerprint density at radius 1 is 1.39 bits per heavy atom. The predicted octanol–water partition coefficient (Wildman–Crippen LogP) is 1.70. The average molecular weight is 274 g/mol. The van der Waals surface area contributed by atoms with Crippen LogP contribution in [0.4, 0.5) is 4.39 Å². The van der Waals surface area contributed by atoms with Crippen LogP contribution in [0, 0.1) is 5.82 Å². The summed E-state index contributed by atoms with van der Waals surface area (Å²) in [6.45, 7) is 5.71. The molecule has 0 aromatic heterocycles. The van der Waals surface area contributed by atoms with Crippen LogP contribution >= 0.6 is 0 Å². The normalized spacial score (nSPS) is 12.4. The molecule has 0 spiro atoms. The van der Waals surface area contributed by atoms with E-state index in [9.17, 15) is 12.8 Å². The number of nitrogens with two attached hydrogens (primary N) is 1. The second-order valence-corrected chi connectivity index (χ2v) is 6.15. The first-order valence-electron chi connectivity index (χ1n) is 5.85. The highest BCUT2D eigenvalue weighted by molar-refractivity contribution is 7.89. The molecule has 0 unspecified atom stereocenters. The molecule has 4 nitrogen and oxygen atoms in total. The summed E-state index contributed by atoms with van der Waals surface area (Å²) in [4.78, 5) is 0.0832. The summed E-state index contributed by atoms with van der Waals surface area (Å²) >= 11 is 0. The van der Waals surface area contributed by atoms with Crippen molar-refractivity contribution in [2.24, 2.45) is 5.73 Å². The Morgan fingerprint density at radius 2 is 2.00 bits per heavy atom. The highest BCUT2D eigenvalue weighted by Crippen LogP contribution is 2.20. The fourth-order valence-electron chi connectivity index (χ4n) is 1.82. The Morgan fingerprint density at radius 3 is 2.44 bits per heavy atom. The summed E-state index contributed by atoms with van der Waals surface area (Å²) < 4.78 is 39.4. The summed E-state index contributed by atoms with van der Waals surface area (Å²) in [5.41, 5.74) is 5.59. The van der Waals surface area contributed by atoms with Crippen LogP contribution in [-0.2, 0) is 16.6 Å². The molecule has 6 heteroatoms. The van der Waals surface area contributed by atoms with Gasteiger partial charge in [0, 0.05) is 24.7 Å². The fourth-order valence-corrected chi connectivity index (χ4v) is 3.51. The molecule has 1 aromatic rings. The minimum absolute atomic E-state index is 0.0248. The summed E-state index contributed by atoms with van der Waals surface area (Å²) in [6.07, 6.45) is 0. The first kappa shape index (κ1) is 15.1. The molecule has 1 rings (SSSR count). The van der Waals surface area contributed by atoms with Gasteiger partial charge in [-0.25, -0.2) is 12.8 Å². The van der Waals surface area contributed by atoms with E-state index in [0.717, 1.165) is 6.07 Å². The van der Waals surface area contributed by atoms with Gasteiger partial charge in [0.1, 0.15) is 5.82 Å². The Kier molecular flexibility index (Phi) is 4.84. The van der Waals surface area contributed by atoms with E-state index in [4.69, 9.17) is 5.73 Å². The molecule has 0 radical (unpaired) electrons. The lowest BCUT2D eigenvalue weighted by Gasteiger charge is -2.24. The van der Waals surface area contributed by atoms with Crippen molar-refractivity contribution in [1.82, 2.24) is 4.31 Å². The first-order chi connectivity index (χ1) is 8.34. The summed E-state index contributed by atoms with van der Waals surface area (Å²) in [6, 6.07) is 3.57. The monoisotopic (exact) mass is 274 g/mol. The molecule has 102 valence electrons. The van der Waals surface area contributed by atoms with Crippen molar-refractivity contribution in [3.63, 3.8) is 0 Å². The number of halogens is 1. The zero-order valence-electron chi connectivity index (χ0n) is 10.9. The molecule has 1 aromatic carbocycles. The lowest BCUT2D eigenvalue weighted by molar-refractivity contribution is 0.369. The molecule has 0 aliphatic carbocycles. The lowest BCUT2D eigenvalue weighted by atomic mass is 10.2. The van der Waals surface area contributed by atoms with Gasteiger partial charge in [-0.2, -0.15) is 4.31 Å². The number of nitrogens with zero attached hydrogens (tertiary/aromatic N) is 1. The molecular formula is C12H19FN2O2S. The summed E-state index contributed by atoms with van der Waals surface area (Å²) in [5.74, 6) is -0.482. The molecular weight excluding hydrogens is 255 g/mol. The topological polar surface area (TPSA) is 63.4 Å². The van der Waals surface area contributed by atoms with Gasteiger partial charge in [0.05, 0.1) is 4.90 Å². The fraction of sp³-hybridized carbons (Fsp3) is 0.500. The van der Waals surface area contributed by atoms with E-state index in [2.05, 4.69) is 0 Å². The van der Waals surface area contributed by atoms with E-state index in [1.807, 2.05) is 0 Å². The van der Waals surface area contributed by atoms with Crippen LogP contribution < -0.4 is 5.73 Å². The lowest BCUT2D eigenvalue weighted by Crippen LogP contribution is -2.36. The molecule has 0 bridgehead atoms. The highest BCUT2D eigenvalue weighted by atomic mass is 32.2. The SMILES string of the molecule is CCN(C(C)C)S(=O)(=O)c1ccc(F)c(CN)c1. The zero-order valence-corrected chi connectivity index (χ0v) is 11.7. The zero-order chi connectivity index (χ0) is 13.9. The van der Waals surface area contributed by atoms with Crippen molar-refractivity contribution in [3.05, 3.63) is 29.6 Å². The number of rotatable bonds is 5. The van der Waals surface area contributed by atoms with Gasteiger partial charge in [0.25, 0.3) is 0 Å². The van der Waals surface area contributed by atoms with Gasteiger partial charge in [-0.3, -0.25) is 0 Å². The molecule has 18 heavy (non-hydrogen) atoms. The second-order valence-electron chi connectivity index (χ2n) is 4.26. The van der Waals surface area contributed by atoms with E-state index >= 15 is 0 Å². The van der Waals surface area contributed by atoms with Crippen molar-refractivity contribution in [2.75, 3.05) is 6.54 Å². The Bertz CT molecular complexity index is 515. The minimum Gasteiger partial charge on any atom is -0.326 e. The van der Waals surface area contributed by atoms with Gasteiger partial charge in [-0.15, -0.1) is 0 Å². The van der Waals surface area contributed by atoms with Crippen LogP contribution in [-0.4, -0.2) is 25.3 Å². The number of hydrogen-bond donors (Lipinski definition) is 1. The Labute approximate surface area is 108 Å². The highest BCUT2D eigenvalue weighted by Gasteiger charge is 2.25. The maximum absolute atomic E-state index is 13.3. The maximum atomic E-state index is 13.3. The third-order valence-electron chi connectivity index (χ3n) is 2.73. The standard InChI is InChI=1S/C12H19FN2O2S/c1-4-15(9(2)3)18(16,17)11-5-6-12(13)10(7-11)8-14/h5-7,9H,4,8,14H2,1-3H3. The predicted molar refractivity (Wildman–Crippen MR) is 69.0 cm³/mol. The quantitative estimate of drug-likeness (QED) is 0.889. The second kappa shape index (κ2) is 5.77. The van der Waals surface area contributed by atoms with Gasteiger partial charge in [-0.1, -0.05) is 6.92 Å². The van der Waals surface area contributed by atoms with E-state index in [1.54, 1.807) is 20.8 Å². The van der Waals surface area contributed by atoms with Crippen molar-refractivity contribution >= 4 is 10.0 Å². The molecule has 0 aliphatic heterocycles. The van der Waals surface area contributed by atoms with Gasteiger partial charge in [0.2, 0.25) is 10.0 Å². The van der Waals surface area contributed by atoms with Gasteiger partial charge in [-0.05, 0) is 32.0 Å². The maximum Gasteiger partial charge on any atom is 0.243 e. The average Bonchev–Trinajstić information content (AvgIpc) is 2.29. The van der Waals surface area contributed by atoms with E-state index in [0.29, 0.717) is 6.54 Å². The van der Waals surface area contributed by atoms with Crippen LogP contribution in [0.25, 0.3) is 0 Å². The van der Waals surface area contributed by atoms with Crippen molar-refractivity contribution in [2.45, 2.75) is 38.3 Å². The van der Waals surface area contributed by atoms with E-state index in [1.165, 1.54) is 16.4 Å². The molecule has 2 N–H and O–H groups in total. The van der Waals surface area contributed by atoms with E-state index < -0.39 is 15.8 Å². The van der Waals surface area contributed by atoms with Crippen molar-refractivity contribution in [1.29, 1.82) is 0 Å². The van der Waals surface area contributed by atoms with Crippen molar-refractivity contribution in [3.8, 4) is 0 Å². The summed E-state index contributed by atoms with van der Waals surface area (Å²) in [5, 5.41) is 0. The van der Waals surface area contributed by atoms with Gasteiger partial charge in [0.15, 0.2) is 0 Å². The molecule has 0 fully saturated rings. The summed E-state index contributed by atoms with van der Waals surface area (Å²) in [7, 11) is -3.59. The molecule has 0 heterocycles. The smallest absolute Gasteiger partial charge is 0.243 e. The first-order valence-corrected chi connectivity index (χ1v) is 7.29. The Balaban J connectivity index is 3.28. The van der Waals surface area contributed by atoms with Crippen LogP contribution in [0.15, 0.2) is 23.1 Å². The third-order valence-corrected chi connectivity index (χ3v) is 4.88. The molecule has 0 saturated heterocycles. The Hall–Kier alpha value is -0.980. The van der Waals surface area contributed by atoms with E-state index in [-0.39, 0.29) is 23.0 Å². The molecule has 0 aliphatic rings. The number of hydrogen-bond acceptors (Lipinski definition) is 3. The molecule has 0 saturated carbocycles. The minimum atomic E-state index is -3.59.